The van der Waals surface area contributed by atoms with Crippen molar-refractivity contribution in [2.75, 3.05) is 26.7 Å². The molecule has 2 unspecified atom stereocenters. The molecule has 1 aromatic rings. The largest absolute Gasteiger partial charge is 0.481 e. The monoisotopic (exact) mass is 361 g/mol. The number of nitrogens with one attached hydrogen (secondary N) is 2. The van der Waals surface area contributed by atoms with Crippen LogP contribution in [0.4, 0.5) is 4.79 Å². The third kappa shape index (κ3) is 7.87. The summed E-state index contributed by atoms with van der Waals surface area (Å²) in [5.41, 5.74) is 1.09. The zero-order valence-electron chi connectivity index (χ0n) is 15.6. The van der Waals surface area contributed by atoms with E-state index >= 15 is 0 Å². The van der Waals surface area contributed by atoms with Crippen molar-refractivity contribution in [3.05, 3.63) is 35.9 Å². The molecule has 0 aromatic heterocycles. The Hall–Kier alpha value is -2.08. The molecule has 0 saturated carbocycles. The van der Waals surface area contributed by atoms with Gasteiger partial charge in [-0.15, -0.1) is 0 Å². The van der Waals surface area contributed by atoms with E-state index in [0.717, 1.165) is 25.1 Å². The fourth-order valence-electron chi connectivity index (χ4n) is 3.56. The lowest BCUT2D eigenvalue weighted by atomic mass is 9.95. The van der Waals surface area contributed by atoms with Crippen LogP contribution in [0.15, 0.2) is 30.3 Å². The van der Waals surface area contributed by atoms with E-state index in [1.165, 1.54) is 12.8 Å². The molecule has 0 spiro atoms. The molecule has 6 nitrogen and oxygen atoms in total. The maximum atomic E-state index is 12.2. The highest BCUT2D eigenvalue weighted by molar-refractivity contribution is 5.74. The molecule has 1 saturated heterocycles. The van der Waals surface area contributed by atoms with E-state index in [2.05, 4.69) is 22.6 Å². The van der Waals surface area contributed by atoms with Crippen molar-refractivity contribution in [3.63, 3.8) is 0 Å². The molecule has 1 aromatic carbocycles. The molecule has 144 valence electrons. The van der Waals surface area contributed by atoms with Crippen LogP contribution >= 0.6 is 0 Å². The van der Waals surface area contributed by atoms with Crippen molar-refractivity contribution in [2.45, 2.75) is 44.6 Å². The first kappa shape index (κ1) is 20.2. The van der Waals surface area contributed by atoms with Crippen LogP contribution in [0.25, 0.3) is 0 Å². The Morgan fingerprint density at radius 3 is 2.77 bits per heavy atom. The lowest BCUT2D eigenvalue weighted by Gasteiger charge is -2.29. The van der Waals surface area contributed by atoms with Gasteiger partial charge in [-0.3, -0.25) is 4.79 Å². The number of piperidine rings is 1. The summed E-state index contributed by atoms with van der Waals surface area (Å²) >= 11 is 0. The number of hydrogen-bond acceptors (Lipinski definition) is 3. The van der Waals surface area contributed by atoms with Crippen LogP contribution in [0.1, 0.15) is 37.7 Å². The second-order valence-corrected chi connectivity index (χ2v) is 7.28. The SMILES string of the molecule is CN1CCCC(CCNC(=O)NC(CCC(=O)O)Cc2ccccc2)C1. The highest BCUT2D eigenvalue weighted by atomic mass is 16.4. The first-order valence-electron chi connectivity index (χ1n) is 9.51. The van der Waals surface area contributed by atoms with Gasteiger partial charge in [-0.05, 0) is 57.2 Å². The molecule has 1 fully saturated rings. The molecule has 3 N–H and O–H groups in total. The molecular formula is C20H31N3O3. The average molecular weight is 361 g/mol. The van der Waals surface area contributed by atoms with Gasteiger partial charge in [-0.1, -0.05) is 30.3 Å². The number of benzene rings is 1. The molecule has 2 atom stereocenters. The van der Waals surface area contributed by atoms with Crippen molar-refractivity contribution in [2.24, 2.45) is 5.92 Å². The van der Waals surface area contributed by atoms with E-state index in [0.29, 0.717) is 25.3 Å². The van der Waals surface area contributed by atoms with Gasteiger partial charge in [0.25, 0.3) is 0 Å². The molecule has 0 aliphatic carbocycles. The van der Waals surface area contributed by atoms with Crippen molar-refractivity contribution in [1.29, 1.82) is 0 Å². The van der Waals surface area contributed by atoms with Gasteiger partial charge in [0.15, 0.2) is 0 Å². The number of carboxylic acids is 1. The Labute approximate surface area is 156 Å². The fourth-order valence-corrected chi connectivity index (χ4v) is 3.56. The minimum atomic E-state index is -0.841. The van der Waals surface area contributed by atoms with Crippen LogP contribution in [-0.4, -0.2) is 54.7 Å². The zero-order valence-corrected chi connectivity index (χ0v) is 15.6. The maximum Gasteiger partial charge on any atom is 0.315 e. The van der Waals surface area contributed by atoms with E-state index in [4.69, 9.17) is 5.11 Å². The van der Waals surface area contributed by atoms with E-state index < -0.39 is 5.97 Å². The summed E-state index contributed by atoms with van der Waals surface area (Å²) in [5, 5.41) is 14.8. The van der Waals surface area contributed by atoms with E-state index in [1.807, 2.05) is 30.3 Å². The standard InChI is InChI=1S/C20H31N3O3/c1-23-13-5-8-17(15-23)11-12-21-20(26)22-18(9-10-19(24)25)14-16-6-3-2-4-7-16/h2-4,6-7,17-18H,5,8-15H2,1H3,(H,24,25)(H2,21,22,26). The number of likely N-dealkylation sites (tertiary alicyclic amines) is 1. The first-order chi connectivity index (χ1) is 12.5. The first-order valence-corrected chi connectivity index (χ1v) is 9.51. The lowest BCUT2D eigenvalue weighted by molar-refractivity contribution is -0.137. The average Bonchev–Trinajstić information content (AvgIpc) is 2.60. The van der Waals surface area contributed by atoms with E-state index in [1.54, 1.807) is 0 Å². The quantitative estimate of drug-likeness (QED) is 0.631. The summed E-state index contributed by atoms with van der Waals surface area (Å²) < 4.78 is 0. The molecule has 1 aliphatic rings. The summed E-state index contributed by atoms with van der Waals surface area (Å²) in [6.45, 7) is 2.91. The number of carbonyl (C=O) groups is 2. The van der Waals surface area contributed by atoms with Crippen LogP contribution in [0.3, 0.4) is 0 Å². The smallest absolute Gasteiger partial charge is 0.315 e. The summed E-state index contributed by atoms with van der Waals surface area (Å²) in [7, 11) is 2.14. The van der Waals surface area contributed by atoms with E-state index in [-0.39, 0.29) is 18.5 Å². The van der Waals surface area contributed by atoms with E-state index in [9.17, 15) is 9.59 Å². The van der Waals surface area contributed by atoms with Gasteiger partial charge >= 0.3 is 12.0 Å². The molecule has 2 amide bonds. The van der Waals surface area contributed by atoms with Gasteiger partial charge in [0.1, 0.15) is 0 Å². The fraction of sp³-hybridized carbons (Fsp3) is 0.600. The topological polar surface area (TPSA) is 81.7 Å². The Balaban J connectivity index is 1.76. The van der Waals surface area contributed by atoms with Gasteiger partial charge in [-0.25, -0.2) is 4.79 Å². The maximum absolute atomic E-state index is 12.2. The van der Waals surface area contributed by atoms with Gasteiger partial charge in [-0.2, -0.15) is 0 Å². The predicted octanol–water partition coefficient (Wildman–Crippen LogP) is 2.49. The van der Waals surface area contributed by atoms with Crippen LogP contribution in [0.2, 0.25) is 0 Å². The summed E-state index contributed by atoms with van der Waals surface area (Å²) in [4.78, 5) is 25.4. The number of hydrogen-bond donors (Lipinski definition) is 3. The van der Waals surface area contributed by atoms with Gasteiger partial charge < -0.3 is 20.6 Å². The van der Waals surface area contributed by atoms with Crippen molar-refractivity contribution in [1.82, 2.24) is 15.5 Å². The Morgan fingerprint density at radius 2 is 2.08 bits per heavy atom. The minimum absolute atomic E-state index is 0.0478. The molecule has 26 heavy (non-hydrogen) atoms. The van der Waals surface area contributed by atoms with Crippen LogP contribution in [0, 0.1) is 5.92 Å². The second-order valence-electron chi connectivity index (χ2n) is 7.28. The molecule has 6 heteroatoms. The molecule has 0 bridgehead atoms. The number of amides is 2. The molecule has 0 radical (unpaired) electrons. The predicted molar refractivity (Wildman–Crippen MR) is 102 cm³/mol. The highest BCUT2D eigenvalue weighted by Crippen LogP contribution is 2.17. The van der Waals surface area contributed by atoms with Crippen molar-refractivity contribution < 1.29 is 14.7 Å². The number of rotatable bonds is 9. The molecule has 1 aliphatic heterocycles. The summed E-state index contributed by atoms with van der Waals surface area (Å²) in [6.07, 6.45) is 4.53. The lowest BCUT2D eigenvalue weighted by Crippen LogP contribution is -2.44. The normalized spacial score (nSPS) is 18.9. The third-order valence-electron chi connectivity index (χ3n) is 4.93. The highest BCUT2D eigenvalue weighted by Gasteiger charge is 2.18. The number of urea groups is 1. The van der Waals surface area contributed by atoms with Gasteiger partial charge in [0, 0.05) is 25.6 Å². The van der Waals surface area contributed by atoms with Crippen LogP contribution in [-0.2, 0) is 11.2 Å². The summed E-state index contributed by atoms with van der Waals surface area (Å²) in [5.74, 6) is -0.201. The number of carboxylic acid groups (broad SMARTS) is 1. The Kier molecular flexibility index (Phi) is 8.41. The Bertz CT molecular complexity index is 565. The van der Waals surface area contributed by atoms with Crippen molar-refractivity contribution >= 4 is 12.0 Å². The van der Waals surface area contributed by atoms with Gasteiger partial charge in [0.05, 0.1) is 0 Å². The van der Waals surface area contributed by atoms with Gasteiger partial charge in [0.2, 0.25) is 0 Å². The second kappa shape index (κ2) is 10.8. The minimum Gasteiger partial charge on any atom is -0.481 e. The number of aliphatic carboxylic acids is 1. The zero-order chi connectivity index (χ0) is 18.8. The Morgan fingerprint density at radius 1 is 1.31 bits per heavy atom. The molecule has 1 heterocycles. The number of nitrogens with zero attached hydrogens (tertiary/aromatic N) is 1. The molecular weight excluding hydrogens is 330 g/mol. The third-order valence-corrected chi connectivity index (χ3v) is 4.93. The van der Waals surface area contributed by atoms with Crippen LogP contribution in [0.5, 0.6) is 0 Å². The molecule has 2 rings (SSSR count). The summed E-state index contributed by atoms with van der Waals surface area (Å²) in [6, 6.07) is 9.43. The number of carbonyl (C=O) groups excluding carboxylic acids is 1. The van der Waals surface area contributed by atoms with Crippen molar-refractivity contribution in [3.8, 4) is 0 Å². The van der Waals surface area contributed by atoms with Crippen LogP contribution < -0.4 is 10.6 Å².